The van der Waals surface area contributed by atoms with E-state index in [-0.39, 0.29) is 67.8 Å². The molecule has 0 unspecified atom stereocenters. The fourth-order valence-corrected chi connectivity index (χ4v) is 10.7. The zero-order valence-corrected chi connectivity index (χ0v) is 46.7. The van der Waals surface area contributed by atoms with E-state index in [0.717, 1.165) is 4.90 Å². The number of hydrogen-bond donors (Lipinski definition) is 8. The number of hydrogen-bond acceptors (Lipinski definition) is 15. The van der Waals surface area contributed by atoms with Gasteiger partial charge in [0.2, 0.25) is 41.4 Å². The number of nitrogens with zero attached hydrogens (tertiary/aromatic N) is 3. The van der Waals surface area contributed by atoms with Gasteiger partial charge in [-0.05, 0) is 80.2 Å². The molecule has 5 atom stereocenters. The molecule has 2 aromatic heterocycles. The standard InChI is InChI=1S/C58H67FN10O14/c1-6-58(81)37-22-42-52-35(26-69(42)56(79)36(37)27-83-57(58)80)50-39(17-16-34-31(4)38(59)23-40(66-52)49(34)50)64-46(73)28-82-29-62-44(71)24-61-54(77)41(21-33-13-9-7-10-14-33)65-45(72)25-60-53(76)32(5)63-55(78)51(30(2)3)67-43(70)15-11-8-12-20-68-47(74)18-19-48(68)75/h7,9-10,13-14,18-19,22-23,30,32,39,41,51,81H,6,8,11-12,15-17,20-21,24-29H2,1-5H3,(H,60,76)(H,61,77)(H,62,71)(H,63,78)(H,64,73)(H,65,72)(H,67,70)/t32-,39-,41-,51-,58-/m0/s1. The molecule has 0 fully saturated rings. The van der Waals surface area contributed by atoms with Gasteiger partial charge in [-0.25, -0.2) is 14.2 Å². The third kappa shape index (κ3) is 13.5. The highest BCUT2D eigenvalue weighted by molar-refractivity contribution is 6.12. The number of carbonyl (C=O) groups excluding carboxylic acids is 10. The monoisotopic (exact) mass is 1150 g/mol. The van der Waals surface area contributed by atoms with Gasteiger partial charge in [-0.2, -0.15) is 0 Å². The van der Waals surface area contributed by atoms with Crippen LogP contribution < -0.4 is 42.8 Å². The van der Waals surface area contributed by atoms with Crippen LogP contribution in [0.5, 0.6) is 0 Å². The third-order valence-electron chi connectivity index (χ3n) is 15.3. The van der Waals surface area contributed by atoms with Gasteiger partial charge < -0.3 is 56.4 Å². The van der Waals surface area contributed by atoms with Crippen molar-refractivity contribution in [2.45, 2.75) is 129 Å². The van der Waals surface area contributed by atoms with E-state index < -0.39 is 115 Å². The van der Waals surface area contributed by atoms with Crippen molar-refractivity contribution in [1.82, 2.24) is 51.7 Å². The van der Waals surface area contributed by atoms with Gasteiger partial charge in [-0.3, -0.25) is 52.8 Å². The summed E-state index contributed by atoms with van der Waals surface area (Å²) in [5, 5.41) is 30.2. The van der Waals surface area contributed by atoms with Crippen molar-refractivity contribution in [3.63, 3.8) is 0 Å². The Morgan fingerprint density at radius 1 is 0.831 bits per heavy atom. The van der Waals surface area contributed by atoms with Gasteiger partial charge in [0.05, 0.1) is 48.1 Å². The van der Waals surface area contributed by atoms with Crippen molar-refractivity contribution >= 4 is 70.0 Å². The molecule has 0 radical (unpaired) electrons. The van der Waals surface area contributed by atoms with Crippen molar-refractivity contribution in [1.29, 1.82) is 0 Å². The molecular weight excluding hydrogens is 1080 g/mol. The van der Waals surface area contributed by atoms with Crippen LogP contribution in [-0.4, -0.2) is 130 Å². The van der Waals surface area contributed by atoms with Crippen molar-refractivity contribution < 1.29 is 66.9 Å². The lowest BCUT2D eigenvalue weighted by atomic mass is 9.81. The minimum absolute atomic E-state index is 0.00438. The van der Waals surface area contributed by atoms with Crippen LogP contribution in [-0.2, 0) is 89.0 Å². The number of aromatic nitrogens is 2. The molecule has 24 nitrogen and oxygen atoms in total. The fraction of sp³-hybridized carbons (Fsp3) is 0.448. The Morgan fingerprint density at radius 3 is 2.25 bits per heavy atom. The van der Waals surface area contributed by atoms with Crippen LogP contribution in [0.2, 0.25) is 0 Å². The summed E-state index contributed by atoms with van der Waals surface area (Å²) in [6, 6.07) is 7.59. The largest absolute Gasteiger partial charge is 0.458 e. The molecule has 1 aliphatic carbocycles. The lowest BCUT2D eigenvalue weighted by molar-refractivity contribution is -0.172. The van der Waals surface area contributed by atoms with Crippen LogP contribution in [0.3, 0.4) is 0 Å². The smallest absolute Gasteiger partial charge is 0.343 e. The van der Waals surface area contributed by atoms with Gasteiger partial charge in [-0.15, -0.1) is 0 Å². The molecule has 8 N–H and O–H groups in total. The highest BCUT2D eigenvalue weighted by Gasteiger charge is 2.46. The number of unbranched alkanes of at least 4 members (excludes halogenated alkanes) is 2. The Labute approximate surface area is 476 Å². The molecule has 3 aliphatic heterocycles. The number of imide groups is 1. The molecule has 4 aromatic rings. The zero-order chi connectivity index (χ0) is 59.9. The Kier molecular flexibility index (Phi) is 18.9. The highest BCUT2D eigenvalue weighted by atomic mass is 19.1. The molecule has 9 amide bonds. The number of aliphatic hydroxyl groups is 1. The number of pyridine rings is 2. The van der Waals surface area contributed by atoms with E-state index >= 15 is 4.39 Å². The van der Waals surface area contributed by atoms with Crippen LogP contribution in [0.25, 0.3) is 22.3 Å². The summed E-state index contributed by atoms with van der Waals surface area (Å²) < 4.78 is 27.6. The fourth-order valence-electron chi connectivity index (χ4n) is 10.7. The molecule has 0 saturated carbocycles. The second-order valence-corrected chi connectivity index (χ2v) is 21.3. The van der Waals surface area contributed by atoms with Gasteiger partial charge in [0.1, 0.15) is 43.9 Å². The molecular formula is C58H67FN10O14. The third-order valence-corrected chi connectivity index (χ3v) is 15.3. The van der Waals surface area contributed by atoms with Crippen molar-refractivity contribution in [2.75, 3.05) is 33.0 Å². The summed E-state index contributed by atoms with van der Waals surface area (Å²) in [6.07, 6.45) is 4.70. The number of amides is 9. The first-order valence-corrected chi connectivity index (χ1v) is 27.6. The summed E-state index contributed by atoms with van der Waals surface area (Å²) >= 11 is 0. The number of ether oxygens (including phenoxy) is 2. The first kappa shape index (κ1) is 60.4. The summed E-state index contributed by atoms with van der Waals surface area (Å²) in [4.78, 5) is 148. The number of carbonyl (C=O) groups is 10. The first-order chi connectivity index (χ1) is 39.6. The Balaban J connectivity index is 0.800. The van der Waals surface area contributed by atoms with E-state index in [1.165, 1.54) is 29.7 Å². The predicted octanol–water partition coefficient (Wildman–Crippen LogP) is 0.812. The minimum Gasteiger partial charge on any atom is -0.458 e. The van der Waals surface area contributed by atoms with E-state index in [1.54, 1.807) is 64.1 Å². The average molecular weight is 1150 g/mol. The summed E-state index contributed by atoms with van der Waals surface area (Å²) in [7, 11) is 0. The molecule has 2 aromatic carbocycles. The van der Waals surface area contributed by atoms with E-state index in [0.29, 0.717) is 82.2 Å². The molecule has 83 heavy (non-hydrogen) atoms. The quantitative estimate of drug-likeness (QED) is 0.0174. The number of benzene rings is 2. The summed E-state index contributed by atoms with van der Waals surface area (Å²) in [5.41, 5.74) is 1.74. The molecule has 5 heterocycles. The number of esters is 1. The Morgan fingerprint density at radius 2 is 1.54 bits per heavy atom. The second kappa shape index (κ2) is 26.0. The van der Waals surface area contributed by atoms with Crippen LogP contribution in [0.1, 0.15) is 111 Å². The van der Waals surface area contributed by atoms with Gasteiger partial charge in [-0.1, -0.05) is 57.5 Å². The van der Waals surface area contributed by atoms with Crippen LogP contribution in [0, 0.1) is 18.7 Å². The molecule has 8 rings (SSSR count). The Hall–Kier alpha value is -8.71. The summed E-state index contributed by atoms with van der Waals surface area (Å²) in [6.45, 7) is 5.96. The summed E-state index contributed by atoms with van der Waals surface area (Å²) in [5.74, 6) is -6.97. The number of cyclic esters (lactones) is 1. The van der Waals surface area contributed by atoms with Gasteiger partial charge in [0, 0.05) is 54.1 Å². The van der Waals surface area contributed by atoms with Crippen LogP contribution >= 0.6 is 0 Å². The van der Waals surface area contributed by atoms with Gasteiger partial charge >= 0.3 is 5.97 Å². The number of aryl methyl sites for hydroxylation is 1. The SMILES string of the molecule is CC[C@@]1(O)C(=O)OCc2c1cc1n(c2=O)Cc2c-1nc1cc(F)c(C)c3c1c2[C@@H](NC(=O)COCNC(=O)CNC(=O)[C@H](Cc1ccccc1)NC(=O)CNC(=O)[C@H](C)NC(=O)[C@@H](NC(=O)CCCCCN1C(=O)C=CC1=O)C(C)C)CC3. The van der Waals surface area contributed by atoms with Crippen molar-refractivity contribution in [3.05, 3.63) is 110 Å². The predicted molar refractivity (Wildman–Crippen MR) is 294 cm³/mol. The molecule has 440 valence electrons. The molecule has 25 heteroatoms. The molecule has 0 saturated heterocycles. The molecule has 0 spiro atoms. The van der Waals surface area contributed by atoms with Crippen LogP contribution in [0.4, 0.5) is 4.39 Å². The van der Waals surface area contributed by atoms with Gasteiger partial charge in [0.25, 0.3) is 17.4 Å². The normalized spacial score (nSPS) is 17.6. The maximum atomic E-state index is 15.4. The maximum absolute atomic E-state index is 15.4. The number of nitrogens with one attached hydrogen (secondary N) is 7. The topological polar surface area (TPSA) is 332 Å². The average Bonchev–Trinajstić information content (AvgIpc) is 1.88. The van der Waals surface area contributed by atoms with E-state index in [4.69, 9.17) is 14.5 Å². The first-order valence-electron chi connectivity index (χ1n) is 27.6. The highest BCUT2D eigenvalue weighted by Crippen LogP contribution is 2.46. The Bertz CT molecular complexity index is 3370. The zero-order valence-electron chi connectivity index (χ0n) is 46.7. The molecule has 0 bridgehead atoms. The number of halogens is 1. The molecule has 4 aliphatic rings. The van der Waals surface area contributed by atoms with Gasteiger partial charge in [0.15, 0.2) is 5.60 Å². The lowest BCUT2D eigenvalue weighted by Gasteiger charge is -2.31. The second-order valence-electron chi connectivity index (χ2n) is 21.3. The van der Waals surface area contributed by atoms with E-state index in [2.05, 4.69) is 37.2 Å². The maximum Gasteiger partial charge on any atom is 0.343 e. The number of fused-ring (bicyclic) bond motifs is 5. The van der Waals surface area contributed by atoms with Crippen LogP contribution in [0.15, 0.2) is 59.4 Å². The van der Waals surface area contributed by atoms with E-state index in [9.17, 15) is 57.8 Å². The van der Waals surface area contributed by atoms with Crippen molar-refractivity contribution in [3.8, 4) is 11.4 Å². The lowest BCUT2D eigenvalue weighted by Crippen LogP contribution is -2.55. The number of rotatable bonds is 25. The van der Waals surface area contributed by atoms with Crippen molar-refractivity contribution in [2.24, 2.45) is 5.92 Å². The minimum atomic E-state index is -2.06. The van der Waals surface area contributed by atoms with E-state index in [1.807, 2.05) is 0 Å².